The van der Waals surface area contributed by atoms with Crippen LogP contribution >= 0.6 is 11.6 Å². The molecule has 0 radical (unpaired) electrons. The highest BCUT2D eigenvalue weighted by atomic mass is 35.5. The lowest BCUT2D eigenvalue weighted by molar-refractivity contribution is -0.144. The first-order valence-electron chi connectivity index (χ1n) is 7.67. The molecular formula is C18H27ClO3Si. The third-order valence-electron chi connectivity index (χ3n) is 4.48. The van der Waals surface area contributed by atoms with Gasteiger partial charge in [0.25, 0.3) is 0 Å². The molecule has 3 nitrogen and oxygen atoms in total. The van der Waals surface area contributed by atoms with Crippen LogP contribution in [-0.2, 0) is 14.0 Å². The molecule has 0 aliphatic rings. The molecule has 0 unspecified atom stereocenters. The standard InChI is InChI=1S/C18H27ClO3Si/c1-8-15(22-23(6,7)18(2,3)4)16(17(20)21-5)13-9-11-14(19)12-10-13/h8-12,15-16H,1H2,2-7H3/t15-,16-/m0/s1. The van der Waals surface area contributed by atoms with Crippen LogP contribution in [0.25, 0.3) is 0 Å². The van der Waals surface area contributed by atoms with Gasteiger partial charge in [-0.25, -0.2) is 0 Å². The second-order valence-corrected chi connectivity index (χ2v) is 12.3. The van der Waals surface area contributed by atoms with Gasteiger partial charge in [-0.1, -0.05) is 50.6 Å². The number of methoxy groups -OCH3 is 1. The number of carbonyl (C=O) groups is 1. The summed E-state index contributed by atoms with van der Waals surface area (Å²) in [5, 5.41) is 0.660. The van der Waals surface area contributed by atoms with Crippen molar-refractivity contribution in [3.8, 4) is 0 Å². The van der Waals surface area contributed by atoms with Gasteiger partial charge in [0.15, 0.2) is 8.32 Å². The third-order valence-corrected chi connectivity index (χ3v) is 9.21. The van der Waals surface area contributed by atoms with Crippen LogP contribution in [0.2, 0.25) is 23.2 Å². The van der Waals surface area contributed by atoms with Crippen LogP contribution in [0.1, 0.15) is 32.3 Å². The van der Waals surface area contributed by atoms with E-state index >= 15 is 0 Å². The van der Waals surface area contributed by atoms with Gasteiger partial charge in [-0.3, -0.25) is 4.79 Å². The number of carbonyl (C=O) groups excluding carboxylic acids is 1. The van der Waals surface area contributed by atoms with Gasteiger partial charge >= 0.3 is 5.97 Å². The number of ether oxygens (including phenoxy) is 1. The molecule has 0 N–H and O–H groups in total. The van der Waals surface area contributed by atoms with Crippen LogP contribution in [0.5, 0.6) is 0 Å². The molecule has 23 heavy (non-hydrogen) atoms. The van der Waals surface area contributed by atoms with E-state index in [1.165, 1.54) is 7.11 Å². The second kappa shape index (κ2) is 7.64. The van der Waals surface area contributed by atoms with Crippen LogP contribution in [0.4, 0.5) is 0 Å². The van der Waals surface area contributed by atoms with Gasteiger partial charge in [0, 0.05) is 5.02 Å². The molecule has 128 valence electrons. The Morgan fingerprint density at radius 3 is 2.17 bits per heavy atom. The van der Waals surface area contributed by atoms with Gasteiger partial charge in [0.2, 0.25) is 0 Å². The Balaban J connectivity index is 3.20. The van der Waals surface area contributed by atoms with E-state index in [9.17, 15) is 4.79 Å². The Morgan fingerprint density at radius 1 is 1.26 bits per heavy atom. The highest BCUT2D eigenvalue weighted by molar-refractivity contribution is 6.74. The van der Waals surface area contributed by atoms with E-state index in [0.717, 1.165) is 5.56 Å². The number of hydrogen-bond acceptors (Lipinski definition) is 3. The maximum absolute atomic E-state index is 12.4. The van der Waals surface area contributed by atoms with E-state index in [2.05, 4.69) is 40.4 Å². The highest BCUT2D eigenvalue weighted by Crippen LogP contribution is 2.39. The van der Waals surface area contributed by atoms with Crippen LogP contribution in [0.3, 0.4) is 0 Å². The normalized spacial score (nSPS) is 14.9. The summed E-state index contributed by atoms with van der Waals surface area (Å²) in [6, 6.07) is 7.18. The van der Waals surface area contributed by atoms with Crippen LogP contribution in [0.15, 0.2) is 36.9 Å². The minimum atomic E-state index is -2.06. The zero-order chi connectivity index (χ0) is 17.8. The maximum atomic E-state index is 12.4. The Kier molecular flexibility index (Phi) is 6.63. The molecule has 0 spiro atoms. The zero-order valence-electron chi connectivity index (χ0n) is 14.9. The molecule has 0 amide bonds. The zero-order valence-corrected chi connectivity index (χ0v) is 16.6. The molecule has 1 rings (SSSR count). The fourth-order valence-electron chi connectivity index (χ4n) is 2.03. The lowest BCUT2D eigenvalue weighted by atomic mass is 9.93. The first kappa shape index (κ1) is 19.9. The predicted molar refractivity (Wildman–Crippen MR) is 98.5 cm³/mol. The summed E-state index contributed by atoms with van der Waals surface area (Å²) in [5.74, 6) is -0.889. The predicted octanol–water partition coefficient (Wildman–Crippen LogP) is 5.17. The summed E-state index contributed by atoms with van der Waals surface area (Å²) in [5.41, 5.74) is 0.810. The van der Waals surface area contributed by atoms with Crippen LogP contribution < -0.4 is 0 Å². The topological polar surface area (TPSA) is 35.5 Å². The summed E-state index contributed by atoms with van der Waals surface area (Å²) >= 11 is 5.95. The summed E-state index contributed by atoms with van der Waals surface area (Å²) in [6.45, 7) is 14.7. The Hall–Kier alpha value is -1.10. The summed E-state index contributed by atoms with van der Waals surface area (Å²) in [4.78, 5) is 12.4. The summed E-state index contributed by atoms with van der Waals surface area (Å²) < 4.78 is 11.4. The highest BCUT2D eigenvalue weighted by Gasteiger charge is 2.42. The molecule has 0 bridgehead atoms. The van der Waals surface area contributed by atoms with Crippen molar-refractivity contribution in [2.24, 2.45) is 0 Å². The van der Waals surface area contributed by atoms with Crippen LogP contribution in [-0.4, -0.2) is 27.5 Å². The molecule has 0 fully saturated rings. The molecule has 0 aliphatic heterocycles. The Bertz CT molecular complexity index is 546. The number of rotatable bonds is 6. The van der Waals surface area contributed by atoms with Gasteiger partial charge < -0.3 is 9.16 Å². The number of benzene rings is 1. The second-order valence-electron chi connectivity index (χ2n) is 7.13. The molecule has 5 heteroatoms. The number of hydrogen-bond donors (Lipinski definition) is 0. The Labute approximate surface area is 145 Å². The minimum absolute atomic E-state index is 0.0366. The monoisotopic (exact) mass is 354 g/mol. The van der Waals surface area contributed by atoms with Gasteiger partial charge in [0.05, 0.1) is 13.2 Å². The first-order chi connectivity index (χ1) is 10.5. The molecule has 0 aromatic heterocycles. The van der Waals surface area contributed by atoms with E-state index in [1.54, 1.807) is 18.2 Å². The van der Waals surface area contributed by atoms with Crippen LogP contribution in [0, 0.1) is 0 Å². The Morgan fingerprint density at radius 2 is 1.78 bits per heavy atom. The molecular weight excluding hydrogens is 328 g/mol. The van der Waals surface area contributed by atoms with Gasteiger partial charge in [-0.05, 0) is 35.8 Å². The quantitative estimate of drug-likeness (QED) is 0.401. The van der Waals surface area contributed by atoms with Crippen molar-refractivity contribution in [3.05, 3.63) is 47.5 Å². The molecule has 0 heterocycles. The molecule has 0 saturated heterocycles. The van der Waals surface area contributed by atoms with Crippen molar-refractivity contribution in [1.29, 1.82) is 0 Å². The lowest BCUT2D eigenvalue weighted by Crippen LogP contribution is -2.46. The fourth-order valence-corrected chi connectivity index (χ4v) is 3.42. The lowest BCUT2D eigenvalue weighted by Gasteiger charge is -2.40. The van der Waals surface area contributed by atoms with E-state index < -0.39 is 20.3 Å². The van der Waals surface area contributed by atoms with Gasteiger partial charge in [0.1, 0.15) is 5.92 Å². The number of halogens is 1. The largest absolute Gasteiger partial charge is 0.468 e. The van der Waals surface area contributed by atoms with Crippen molar-refractivity contribution in [1.82, 2.24) is 0 Å². The molecule has 0 saturated carbocycles. The van der Waals surface area contributed by atoms with Crippen molar-refractivity contribution in [3.63, 3.8) is 0 Å². The number of esters is 1. The average molecular weight is 355 g/mol. The van der Waals surface area contributed by atoms with E-state index in [-0.39, 0.29) is 11.0 Å². The van der Waals surface area contributed by atoms with E-state index in [4.69, 9.17) is 20.8 Å². The molecule has 0 aliphatic carbocycles. The van der Waals surface area contributed by atoms with Gasteiger partial charge in [-0.15, -0.1) is 6.58 Å². The summed E-state index contributed by atoms with van der Waals surface area (Å²) in [7, 11) is -0.673. The smallest absolute Gasteiger partial charge is 0.316 e. The summed E-state index contributed by atoms with van der Waals surface area (Å²) in [6.07, 6.45) is 1.25. The van der Waals surface area contributed by atoms with Crippen molar-refractivity contribution in [2.45, 2.75) is 50.9 Å². The average Bonchev–Trinajstić information content (AvgIpc) is 2.46. The van der Waals surface area contributed by atoms with Crippen molar-refractivity contribution < 1.29 is 14.0 Å². The first-order valence-corrected chi connectivity index (χ1v) is 11.0. The van der Waals surface area contributed by atoms with E-state index in [0.29, 0.717) is 5.02 Å². The maximum Gasteiger partial charge on any atom is 0.316 e. The molecule has 2 atom stereocenters. The third kappa shape index (κ3) is 4.93. The fraction of sp³-hybridized carbons (Fsp3) is 0.500. The van der Waals surface area contributed by atoms with Gasteiger partial charge in [-0.2, -0.15) is 0 Å². The van der Waals surface area contributed by atoms with Crippen molar-refractivity contribution in [2.75, 3.05) is 7.11 Å². The van der Waals surface area contributed by atoms with E-state index in [1.807, 2.05) is 12.1 Å². The van der Waals surface area contributed by atoms with Crippen molar-refractivity contribution >= 4 is 25.9 Å². The molecule has 1 aromatic rings. The molecule has 1 aromatic carbocycles. The minimum Gasteiger partial charge on any atom is -0.468 e. The SMILES string of the molecule is C=C[C@H](O[Si](C)(C)C(C)(C)C)[C@@H](C(=O)OC)c1ccc(Cl)cc1.